The molecule has 0 fully saturated rings. The molecule has 0 unspecified atom stereocenters. The third-order valence-electron chi connectivity index (χ3n) is 2.44. The van der Waals surface area contributed by atoms with Crippen molar-refractivity contribution < 1.29 is 4.73 Å². The summed E-state index contributed by atoms with van der Waals surface area (Å²) in [6, 6.07) is 14.7. The van der Waals surface area contributed by atoms with Crippen LogP contribution in [-0.4, -0.2) is 4.98 Å². The normalized spacial score (nSPS) is 9.26. The molecule has 0 radical (unpaired) electrons. The minimum Gasteiger partial charge on any atom is -0.618 e. The molecule has 0 N–H and O–H groups in total. The molecule has 0 spiro atoms. The summed E-state index contributed by atoms with van der Waals surface area (Å²) in [7, 11) is 0. The lowest BCUT2D eigenvalue weighted by Crippen LogP contribution is -2.28. The SMILES string of the molecule is CC.CC.[O-][n+]1c2ccccc2nc2ccccc21. The van der Waals surface area contributed by atoms with Gasteiger partial charge in [-0.2, -0.15) is 4.73 Å². The van der Waals surface area contributed by atoms with Crippen molar-refractivity contribution in [3.8, 4) is 0 Å². The summed E-state index contributed by atoms with van der Waals surface area (Å²) < 4.78 is 0.928. The third-order valence-corrected chi connectivity index (χ3v) is 2.44. The van der Waals surface area contributed by atoms with Crippen molar-refractivity contribution >= 4 is 22.1 Å². The Labute approximate surface area is 114 Å². The molecule has 3 rings (SSSR count). The molecule has 0 aliphatic rings. The Morgan fingerprint density at radius 2 is 1.11 bits per heavy atom. The van der Waals surface area contributed by atoms with E-state index in [9.17, 15) is 5.21 Å². The van der Waals surface area contributed by atoms with Crippen LogP contribution < -0.4 is 4.73 Å². The number of fused-ring (bicyclic) bond motifs is 2. The van der Waals surface area contributed by atoms with E-state index in [1.165, 1.54) is 0 Å². The standard InChI is InChI=1S/C12H8N2O.2C2H6/c15-14-11-7-3-1-5-9(11)13-10-6-2-4-8-12(10)14;2*1-2/h1-8H;2*1-2H3. The predicted molar refractivity (Wildman–Crippen MR) is 80.9 cm³/mol. The number of hydrogen-bond donors (Lipinski definition) is 0. The zero-order chi connectivity index (χ0) is 14.3. The Bertz CT molecular complexity index is 596. The largest absolute Gasteiger partial charge is 0.618 e. The monoisotopic (exact) mass is 256 g/mol. The van der Waals surface area contributed by atoms with E-state index >= 15 is 0 Å². The molecule has 0 bridgehead atoms. The van der Waals surface area contributed by atoms with Gasteiger partial charge in [0.2, 0.25) is 11.0 Å². The second-order valence-electron chi connectivity index (χ2n) is 3.38. The highest BCUT2D eigenvalue weighted by Gasteiger charge is 2.09. The van der Waals surface area contributed by atoms with E-state index in [1.807, 2.05) is 64.1 Å². The Morgan fingerprint density at radius 3 is 1.53 bits per heavy atom. The highest BCUT2D eigenvalue weighted by Crippen LogP contribution is 2.12. The quantitative estimate of drug-likeness (QED) is 0.345. The summed E-state index contributed by atoms with van der Waals surface area (Å²) in [6.45, 7) is 8.00. The molecule has 0 amide bonds. The highest BCUT2D eigenvalue weighted by molar-refractivity contribution is 5.81. The van der Waals surface area contributed by atoms with Crippen molar-refractivity contribution in [3.63, 3.8) is 0 Å². The topological polar surface area (TPSA) is 39.8 Å². The van der Waals surface area contributed by atoms with Crippen LogP contribution in [0.15, 0.2) is 48.5 Å². The maximum Gasteiger partial charge on any atom is 0.242 e. The fourth-order valence-corrected chi connectivity index (χ4v) is 1.72. The zero-order valence-electron chi connectivity index (χ0n) is 11.9. The van der Waals surface area contributed by atoms with Crippen LogP contribution in [0, 0.1) is 5.21 Å². The van der Waals surface area contributed by atoms with Gasteiger partial charge in [0.15, 0.2) is 0 Å². The van der Waals surface area contributed by atoms with Gasteiger partial charge in [-0.05, 0) is 12.1 Å². The molecule has 100 valence electrons. The van der Waals surface area contributed by atoms with Crippen molar-refractivity contribution in [1.82, 2.24) is 4.98 Å². The van der Waals surface area contributed by atoms with Gasteiger partial charge in [-0.15, -0.1) is 0 Å². The lowest BCUT2D eigenvalue weighted by molar-refractivity contribution is -0.548. The van der Waals surface area contributed by atoms with E-state index in [2.05, 4.69) is 4.98 Å². The molecule has 3 heteroatoms. The molecule has 19 heavy (non-hydrogen) atoms. The van der Waals surface area contributed by atoms with Gasteiger partial charge in [-0.3, -0.25) is 0 Å². The number of nitrogens with zero attached hydrogens (tertiary/aromatic N) is 2. The fraction of sp³-hybridized carbons (Fsp3) is 0.250. The van der Waals surface area contributed by atoms with Crippen LogP contribution in [0.3, 0.4) is 0 Å². The van der Waals surface area contributed by atoms with E-state index in [0.29, 0.717) is 11.0 Å². The number of benzene rings is 2. The Kier molecular flexibility index (Phi) is 5.73. The molecule has 2 aromatic carbocycles. The first-order chi connectivity index (χ1) is 9.36. The van der Waals surface area contributed by atoms with Gasteiger partial charge in [0.1, 0.15) is 11.0 Å². The summed E-state index contributed by atoms with van der Waals surface area (Å²) in [4.78, 5) is 4.42. The minimum absolute atomic E-state index is 0.608. The van der Waals surface area contributed by atoms with E-state index in [-0.39, 0.29) is 0 Å². The molecule has 0 saturated heterocycles. The van der Waals surface area contributed by atoms with Crippen LogP contribution in [0.5, 0.6) is 0 Å². The third kappa shape index (κ3) is 2.99. The van der Waals surface area contributed by atoms with E-state index < -0.39 is 0 Å². The minimum atomic E-state index is 0.608. The number of aromatic nitrogens is 2. The lowest BCUT2D eigenvalue weighted by atomic mass is 10.2. The van der Waals surface area contributed by atoms with E-state index in [1.54, 1.807) is 12.1 Å². The highest BCUT2D eigenvalue weighted by atomic mass is 16.5. The Morgan fingerprint density at radius 1 is 0.737 bits per heavy atom. The van der Waals surface area contributed by atoms with Crippen LogP contribution in [0.2, 0.25) is 0 Å². The van der Waals surface area contributed by atoms with E-state index in [0.717, 1.165) is 15.8 Å². The predicted octanol–water partition coefficient (Wildman–Crippen LogP) is 4.07. The summed E-state index contributed by atoms with van der Waals surface area (Å²) in [5.74, 6) is 0. The first kappa shape index (κ1) is 14.9. The maximum absolute atomic E-state index is 12.0. The molecular formula is C16H20N2O. The molecular weight excluding hydrogens is 236 g/mol. The first-order valence-electron chi connectivity index (χ1n) is 6.73. The zero-order valence-corrected chi connectivity index (χ0v) is 11.9. The number of rotatable bonds is 0. The average molecular weight is 256 g/mol. The van der Waals surface area contributed by atoms with Crippen molar-refractivity contribution in [1.29, 1.82) is 0 Å². The van der Waals surface area contributed by atoms with Crippen molar-refractivity contribution in [3.05, 3.63) is 53.7 Å². The number of hydrogen-bond acceptors (Lipinski definition) is 2. The smallest absolute Gasteiger partial charge is 0.242 e. The average Bonchev–Trinajstić information content (AvgIpc) is 2.52. The Hall–Kier alpha value is -2.16. The molecule has 0 saturated carbocycles. The second kappa shape index (κ2) is 7.31. The van der Waals surface area contributed by atoms with Gasteiger partial charge in [0.25, 0.3) is 0 Å². The molecule has 3 nitrogen and oxygen atoms in total. The van der Waals surface area contributed by atoms with E-state index in [4.69, 9.17) is 0 Å². The second-order valence-corrected chi connectivity index (χ2v) is 3.38. The summed E-state index contributed by atoms with van der Waals surface area (Å²) in [6.07, 6.45) is 0. The van der Waals surface area contributed by atoms with Crippen LogP contribution in [0.1, 0.15) is 27.7 Å². The molecule has 3 aromatic rings. The van der Waals surface area contributed by atoms with Crippen molar-refractivity contribution in [2.45, 2.75) is 27.7 Å². The van der Waals surface area contributed by atoms with Crippen LogP contribution in [0.25, 0.3) is 22.1 Å². The van der Waals surface area contributed by atoms with Crippen molar-refractivity contribution in [2.75, 3.05) is 0 Å². The summed E-state index contributed by atoms with van der Waals surface area (Å²) in [5, 5.41) is 12.0. The van der Waals surface area contributed by atoms with Crippen LogP contribution >= 0.6 is 0 Å². The fourth-order valence-electron chi connectivity index (χ4n) is 1.72. The Balaban J connectivity index is 0.000000415. The van der Waals surface area contributed by atoms with Crippen molar-refractivity contribution in [2.24, 2.45) is 0 Å². The molecule has 0 atom stereocenters. The van der Waals surface area contributed by atoms with Crippen LogP contribution in [0.4, 0.5) is 0 Å². The summed E-state index contributed by atoms with van der Waals surface area (Å²) in [5.41, 5.74) is 2.67. The molecule has 0 aliphatic heterocycles. The molecule has 1 heterocycles. The maximum atomic E-state index is 12.0. The summed E-state index contributed by atoms with van der Waals surface area (Å²) >= 11 is 0. The first-order valence-corrected chi connectivity index (χ1v) is 6.73. The van der Waals surface area contributed by atoms with Gasteiger partial charge in [0, 0.05) is 12.1 Å². The van der Waals surface area contributed by atoms with Gasteiger partial charge < -0.3 is 5.21 Å². The van der Waals surface area contributed by atoms with Gasteiger partial charge in [-0.1, -0.05) is 52.0 Å². The molecule has 0 aliphatic carbocycles. The molecule has 1 aromatic heterocycles. The number of para-hydroxylation sites is 4. The lowest BCUT2D eigenvalue weighted by Gasteiger charge is -2.04. The van der Waals surface area contributed by atoms with Gasteiger partial charge in [-0.25, -0.2) is 4.98 Å². The van der Waals surface area contributed by atoms with Gasteiger partial charge >= 0.3 is 0 Å². The van der Waals surface area contributed by atoms with Crippen LogP contribution in [-0.2, 0) is 0 Å². The van der Waals surface area contributed by atoms with Gasteiger partial charge in [0.05, 0.1) is 0 Å².